The van der Waals surface area contributed by atoms with Gasteiger partial charge in [-0.25, -0.2) is 13.4 Å². The van der Waals surface area contributed by atoms with E-state index in [2.05, 4.69) is 15.8 Å². The molecular weight excluding hydrogens is 374 g/mol. The highest BCUT2D eigenvalue weighted by Gasteiger charge is 2.29. The first-order valence-electron chi connectivity index (χ1n) is 8.16. The number of amides is 2. The van der Waals surface area contributed by atoms with Gasteiger partial charge in [0.15, 0.2) is 9.84 Å². The molecule has 1 aromatic heterocycles. The SMILES string of the molecule is Cc1nc(-c2ccccc2)c(C(=O)NNC(=O)C[C@H]2CCS(=O)(=O)C2)s1. The number of nitrogens with zero attached hydrogens (tertiary/aromatic N) is 1. The van der Waals surface area contributed by atoms with Gasteiger partial charge in [0.25, 0.3) is 5.91 Å². The number of benzene rings is 1. The highest BCUT2D eigenvalue weighted by Crippen LogP contribution is 2.27. The zero-order chi connectivity index (χ0) is 18.7. The second-order valence-electron chi connectivity index (χ2n) is 6.25. The van der Waals surface area contributed by atoms with Crippen LogP contribution in [0.4, 0.5) is 0 Å². The molecule has 0 unspecified atom stereocenters. The van der Waals surface area contributed by atoms with Crippen LogP contribution >= 0.6 is 11.3 Å². The lowest BCUT2D eigenvalue weighted by atomic mass is 10.1. The fraction of sp³-hybridized carbons (Fsp3) is 0.353. The molecule has 1 fully saturated rings. The minimum Gasteiger partial charge on any atom is -0.273 e. The predicted octanol–water partition coefficient (Wildman–Crippen LogP) is 1.70. The van der Waals surface area contributed by atoms with E-state index in [4.69, 9.17) is 0 Å². The number of carbonyl (C=O) groups is 2. The van der Waals surface area contributed by atoms with E-state index in [-0.39, 0.29) is 23.8 Å². The van der Waals surface area contributed by atoms with Gasteiger partial charge >= 0.3 is 0 Å². The van der Waals surface area contributed by atoms with Crippen LogP contribution in [0.25, 0.3) is 11.3 Å². The van der Waals surface area contributed by atoms with Crippen molar-refractivity contribution < 1.29 is 18.0 Å². The number of nitrogens with one attached hydrogen (secondary N) is 2. The summed E-state index contributed by atoms with van der Waals surface area (Å²) < 4.78 is 22.9. The Hall–Kier alpha value is -2.26. The van der Waals surface area contributed by atoms with Gasteiger partial charge in [0.1, 0.15) is 4.88 Å². The third-order valence-electron chi connectivity index (χ3n) is 4.10. The van der Waals surface area contributed by atoms with E-state index >= 15 is 0 Å². The molecule has 1 aliphatic heterocycles. The van der Waals surface area contributed by atoms with E-state index in [0.717, 1.165) is 10.6 Å². The lowest BCUT2D eigenvalue weighted by molar-refractivity contribution is -0.122. The third kappa shape index (κ3) is 4.47. The van der Waals surface area contributed by atoms with Crippen molar-refractivity contribution in [3.05, 3.63) is 40.2 Å². The molecule has 3 rings (SSSR count). The molecule has 2 aromatic rings. The number of aryl methyl sites for hydroxylation is 1. The Kier molecular flexibility index (Phi) is 5.38. The van der Waals surface area contributed by atoms with Crippen molar-refractivity contribution in [2.45, 2.75) is 19.8 Å². The Labute approximate surface area is 155 Å². The van der Waals surface area contributed by atoms with Crippen LogP contribution in [-0.4, -0.2) is 36.7 Å². The summed E-state index contributed by atoms with van der Waals surface area (Å²) in [6, 6.07) is 9.34. The lowest BCUT2D eigenvalue weighted by Gasteiger charge is -2.10. The van der Waals surface area contributed by atoms with Gasteiger partial charge in [-0.2, -0.15) is 0 Å². The van der Waals surface area contributed by atoms with Crippen LogP contribution in [0.1, 0.15) is 27.5 Å². The van der Waals surface area contributed by atoms with E-state index in [1.54, 1.807) is 0 Å². The van der Waals surface area contributed by atoms with Crippen LogP contribution in [0.3, 0.4) is 0 Å². The summed E-state index contributed by atoms with van der Waals surface area (Å²) in [6.45, 7) is 1.81. The molecule has 1 saturated heterocycles. The highest BCUT2D eigenvalue weighted by atomic mass is 32.2. The lowest BCUT2D eigenvalue weighted by Crippen LogP contribution is -2.42. The van der Waals surface area contributed by atoms with Crippen LogP contribution in [-0.2, 0) is 14.6 Å². The maximum absolute atomic E-state index is 12.4. The number of aromatic nitrogens is 1. The number of carbonyl (C=O) groups excluding carboxylic acids is 2. The van der Waals surface area contributed by atoms with Crippen LogP contribution < -0.4 is 10.9 Å². The Morgan fingerprint density at radius 1 is 1.23 bits per heavy atom. The first-order chi connectivity index (χ1) is 12.3. The summed E-state index contributed by atoms with van der Waals surface area (Å²) in [6.07, 6.45) is 0.558. The fourth-order valence-electron chi connectivity index (χ4n) is 2.90. The van der Waals surface area contributed by atoms with Gasteiger partial charge in [0.05, 0.1) is 22.2 Å². The maximum atomic E-state index is 12.4. The Morgan fingerprint density at radius 2 is 1.96 bits per heavy atom. The molecule has 0 bridgehead atoms. The molecular formula is C17H19N3O4S2. The first-order valence-corrected chi connectivity index (χ1v) is 10.8. The molecule has 7 nitrogen and oxygen atoms in total. The van der Waals surface area contributed by atoms with E-state index in [0.29, 0.717) is 17.0 Å². The van der Waals surface area contributed by atoms with Gasteiger partial charge in [0, 0.05) is 12.0 Å². The zero-order valence-electron chi connectivity index (χ0n) is 14.2. The Balaban J connectivity index is 1.61. The van der Waals surface area contributed by atoms with Gasteiger partial charge < -0.3 is 0 Å². The highest BCUT2D eigenvalue weighted by molar-refractivity contribution is 7.91. The molecule has 0 spiro atoms. The van der Waals surface area contributed by atoms with Crippen molar-refractivity contribution in [2.75, 3.05) is 11.5 Å². The molecule has 26 heavy (non-hydrogen) atoms. The normalized spacial score (nSPS) is 18.4. The second kappa shape index (κ2) is 7.55. The first kappa shape index (κ1) is 18.5. The number of hydrogen-bond donors (Lipinski definition) is 2. The van der Waals surface area contributed by atoms with Gasteiger partial charge in [-0.1, -0.05) is 30.3 Å². The van der Waals surface area contributed by atoms with E-state index < -0.39 is 21.7 Å². The number of hydrogen-bond acceptors (Lipinski definition) is 6. The monoisotopic (exact) mass is 393 g/mol. The standard InChI is InChI=1S/C17H19N3O4S2/c1-11-18-15(13-5-3-2-4-6-13)16(25-11)17(22)20-19-14(21)9-12-7-8-26(23,24)10-12/h2-6,12H,7-10H2,1H3,(H,19,21)(H,20,22)/t12-/m1/s1. The van der Waals surface area contributed by atoms with Gasteiger partial charge in [0.2, 0.25) is 5.91 Å². The molecule has 0 radical (unpaired) electrons. The average Bonchev–Trinajstić information content (AvgIpc) is 3.15. The second-order valence-corrected chi connectivity index (χ2v) is 9.68. The quantitative estimate of drug-likeness (QED) is 0.769. The summed E-state index contributed by atoms with van der Waals surface area (Å²) in [5.41, 5.74) is 6.16. The van der Waals surface area contributed by atoms with Crippen molar-refractivity contribution in [3.63, 3.8) is 0 Å². The minimum atomic E-state index is -3.02. The van der Waals surface area contributed by atoms with Crippen molar-refractivity contribution in [3.8, 4) is 11.3 Å². The predicted molar refractivity (Wildman–Crippen MR) is 99.3 cm³/mol. The van der Waals surface area contributed by atoms with Gasteiger partial charge in [-0.15, -0.1) is 11.3 Å². The van der Waals surface area contributed by atoms with Gasteiger partial charge in [-0.05, 0) is 19.3 Å². The number of hydrazine groups is 1. The number of sulfone groups is 1. The average molecular weight is 393 g/mol. The van der Waals surface area contributed by atoms with E-state index in [1.165, 1.54) is 11.3 Å². The van der Waals surface area contributed by atoms with Crippen LogP contribution in [0.5, 0.6) is 0 Å². The molecule has 1 aliphatic rings. The molecule has 138 valence electrons. The summed E-state index contributed by atoms with van der Waals surface area (Å²) in [5.74, 6) is -0.884. The molecule has 1 atom stereocenters. The summed E-state index contributed by atoms with van der Waals surface area (Å²) in [4.78, 5) is 29.2. The molecule has 2 heterocycles. The topological polar surface area (TPSA) is 105 Å². The number of rotatable bonds is 4. The molecule has 9 heteroatoms. The summed E-state index contributed by atoms with van der Waals surface area (Å²) in [7, 11) is -3.02. The molecule has 2 amide bonds. The van der Waals surface area contributed by atoms with E-state index in [9.17, 15) is 18.0 Å². The Morgan fingerprint density at radius 3 is 2.62 bits per heavy atom. The molecule has 0 aliphatic carbocycles. The van der Waals surface area contributed by atoms with Crippen LogP contribution in [0.2, 0.25) is 0 Å². The van der Waals surface area contributed by atoms with Crippen molar-refractivity contribution in [1.82, 2.24) is 15.8 Å². The third-order valence-corrected chi connectivity index (χ3v) is 6.91. The summed E-state index contributed by atoms with van der Waals surface area (Å²) in [5, 5.41) is 0.747. The largest absolute Gasteiger partial charge is 0.282 e. The Bertz CT molecular complexity index is 923. The van der Waals surface area contributed by atoms with E-state index in [1.807, 2.05) is 37.3 Å². The maximum Gasteiger partial charge on any atom is 0.282 e. The fourth-order valence-corrected chi connectivity index (χ4v) is 5.60. The summed E-state index contributed by atoms with van der Waals surface area (Å²) >= 11 is 1.25. The van der Waals surface area contributed by atoms with Crippen LogP contribution in [0, 0.1) is 12.8 Å². The zero-order valence-corrected chi connectivity index (χ0v) is 15.8. The number of thiazole rings is 1. The molecule has 2 N–H and O–H groups in total. The molecule has 0 saturated carbocycles. The minimum absolute atomic E-state index is 0.0283. The smallest absolute Gasteiger partial charge is 0.273 e. The van der Waals surface area contributed by atoms with Crippen molar-refractivity contribution >= 4 is 33.0 Å². The van der Waals surface area contributed by atoms with Gasteiger partial charge in [-0.3, -0.25) is 20.4 Å². The van der Waals surface area contributed by atoms with Crippen molar-refractivity contribution in [2.24, 2.45) is 5.92 Å². The molecule has 1 aromatic carbocycles. The van der Waals surface area contributed by atoms with Crippen molar-refractivity contribution in [1.29, 1.82) is 0 Å². The van der Waals surface area contributed by atoms with Crippen LogP contribution in [0.15, 0.2) is 30.3 Å².